The molecular formula is C18H21ClN2OS. The third-order valence-electron chi connectivity index (χ3n) is 4.12. The monoisotopic (exact) mass is 348 g/mol. The van der Waals surface area contributed by atoms with Crippen molar-refractivity contribution in [2.45, 2.75) is 32.6 Å². The van der Waals surface area contributed by atoms with Crippen LogP contribution in [0, 0.1) is 6.92 Å². The van der Waals surface area contributed by atoms with Crippen molar-refractivity contribution in [1.82, 2.24) is 0 Å². The Bertz CT molecular complexity index is 690. The summed E-state index contributed by atoms with van der Waals surface area (Å²) < 4.78 is 0. The van der Waals surface area contributed by atoms with Crippen molar-refractivity contribution in [2.75, 3.05) is 23.3 Å². The second-order valence-corrected chi connectivity index (χ2v) is 7.65. The van der Waals surface area contributed by atoms with Gasteiger partial charge in [-0.2, -0.15) is 0 Å². The maximum atomic E-state index is 12.5. The second kappa shape index (κ2) is 7.37. The number of carbonyl (C=O) groups excluding carboxylic acids is 1. The summed E-state index contributed by atoms with van der Waals surface area (Å²) in [5.41, 5.74) is 1.87. The lowest BCUT2D eigenvalue weighted by Gasteiger charge is -2.25. The van der Waals surface area contributed by atoms with Crippen molar-refractivity contribution in [2.24, 2.45) is 0 Å². The van der Waals surface area contributed by atoms with Crippen LogP contribution >= 0.6 is 22.9 Å². The molecule has 0 radical (unpaired) electrons. The molecule has 0 saturated carbocycles. The first-order valence-corrected chi connectivity index (χ1v) is 9.25. The van der Waals surface area contributed by atoms with Crippen LogP contribution in [0.1, 0.15) is 40.2 Å². The summed E-state index contributed by atoms with van der Waals surface area (Å²) in [6, 6.07) is 9.59. The Morgan fingerprint density at radius 2 is 1.87 bits per heavy atom. The molecule has 2 heterocycles. The topological polar surface area (TPSA) is 32.3 Å². The Hall–Kier alpha value is -1.52. The molecule has 1 aromatic carbocycles. The highest BCUT2D eigenvalue weighted by Crippen LogP contribution is 2.31. The van der Waals surface area contributed by atoms with Crippen molar-refractivity contribution >= 4 is 40.2 Å². The van der Waals surface area contributed by atoms with E-state index in [1.165, 1.54) is 37.0 Å². The predicted octanol–water partition coefficient (Wildman–Crippen LogP) is 5.34. The molecule has 0 unspecified atom stereocenters. The average Bonchev–Trinajstić information content (AvgIpc) is 2.80. The van der Waals surface area contributed by atoms with Crippen LogP contribution in [0.25, 0.3) is 0 Å². The zero-order valence-electron chi connectivity index (χ0n) is 13.3. The number of rotatable bonds is 3. The molecule has 1 aliphatic rings. The molecule has 1 fully saturated rings. The van der Waals surface area contributed by atoms with Gasteiger partial charge in [0.05, 0.1) is 16.3 Å². The van der Waals surface area contributed by atoms with Crippen LogP contribution in [0.2, 0.25) is 5.02 Å². The average molecular weight is 349 g/mol. The molecule has 0 spiro atoms. The predicted molar refractivity (Wildman–Crippen MR) is 99.1 cm³/mol. The first-order chi connectivity index (χ1) is 11.1. The first-order valence-electron chi connectivity index (χ1n) is 8.06. The number of aryl methyl sites for hydroxylation is 1. The number of thiophene rings is 1. The number of carbonyl (C=O) groups is 1. The van der Waals surface area contributed by atoms with Crippen molar-refractivity contribution in [3.63, 3.8) is 0 Å². The van der Waals surface area contributed by atoms with E-state index in [0.29, 0.717) is 5.02 Å². The third-order valence-corrected chi connectivity index (χ3v) is 5.35. The number of hydrogen-bond acceptors (Lipinski definition) is 3. The van der Waals surface area contributed by atoms with Gasteiger partial charge in [-0.25, -0.2) is 0 Å². The molecule has 1 N–H and O–H groups in total. The summed E-state index contributed by atoms with van der Waals surface area (Å²) in [5, 5.41) is 3.68. The first kappa shape index (κ1) is 16.3. The number of benzene rings is 1. The number of nitrogens with one attached hydrogen (secondary N) is 1. The standard InChI is InChI=1S/C18H21ClN2OS/c1-13-6-9-17(23-13)18(22)20-15-12-14(19)7-8-16(15)21-10-4-2-3-5-11-21/h6-9,12H,2-5,10-11H2,1H3,(H,20,22). The highest BCUT2D eigenvalue weighted by Gasteiger charge is 2.17. The van der Waals surface area contributed by atoms with Crippen molar-refractivity contribution in [3.8, 4) is 0 Å². The molecule has 23 heavy (non-hydrogen) atoms. The van der Waals surface area contributed by atoms with Gasteiger partial charge in [-0.05, 0) is 50.1 Å². The number of hydrogen-bond donors (Lipinski definition) is 1. The zero-order valence-corrected chi connectivity index (χ0v) is 14.8. The Labute approximate surface area is 146 Å². The van der Waals surface area contributed by atoms with E-state index in [-0.39, 0.29) is 5.91 Å². The van der Waals surface area contributed by atoms with Gasteiger partial charge < -0.3 is 10.2 Å². The Morgan fingerprint density at radius 3 is 2.52 bits per heavy atom. The second-order valence-electron chi connectivity index (χ2n) is 5.93. The molecule has 2 aromatic rings. The summed E-state index contributed by atoms with van der Waals surface area (Å²) in [6.45, 7) is 4.06. The minimum atomic E-state index is -0.0681. The molecule has 5 heteroatoms. The molecular weight excluding hydrogens is 328 g/mol. The van der Waals surface area contributed by atoms with Gasteiger partial charge in [-0.1, -0.05) is 24.4 Å². The smallest absolute Gasteiger partial charge is 0.265 e. The molecule has 1 saturated heterocycles. The van der Waals surface area contributed by atoms with Crippen LogP contribution < -0.4 is 10.2 Å². The number of halogens is 1. The summed E-state index contributed by atoms with van der Waals surface area (Å²) in [7, 11) is 0. The van der Waals surface area contributed by atoms with E-state index in [0.717, 1.165) is 34.2 Å². The largest absolute Gasteiger partial charge is 0.370 e. The maximum Gasteiger partial charge on any atom is 0.265 e. The number of nitrogens with zero attached hydrogens (tertiary/aromatic N) is 1. The quantitative estimate of drug-likeness (QED) is 0.811. The van der Waals surface area contributed by atoms with E-state index in [1.54, 1.807) is 0 Å². The van der Waals surface area contributed by atoms with E-state index in [2.05, 4.69) is 10.2 Å². The summed E-state index contributed by atoms with van der Waals surface area (Å²) in [5.74, 6) is -0.0681. The molecule has 0 bridgehead atoms. The highest BCUT2D eigenvalue weighted by molar-refractivity contribution is 7.14. The Morgan fingerprint density at radius 1 is 1.13 bits per heavy atom. The van der Waals surface area contributed by atoms with E-state index in [9.17, 15) is 4.79 Å². The molecule has 1 aromatic heterocycles. The fraction of sp³-hybridized carbons (Fsp3) is 0.389. The van der Waals surface area contributed by atoms with Gasteiger partial charge in [0, 0.05) is 23.0 Å². The van der Waals surface area contributed by atoms with Gasteiger partial charge in [0.15, 0.2) is 0 Å². The van der Waals surface area contributed by atoms with Gasteiger partial charge in [0.25, 0.3) is 5.91 Å². The molecule has 3 nitrogen and oxygen atoms in total. The van der Waals surface area contributed by atoms with Crippen LogP contribution in [-0.4, -0.2) is 19.0 Å². The normalized spacial score (nSPS) is 15.3. The SMILES string of the molecule is Cc1ccc(C(=O)Nc2cc(Cl)ccc2N2CCCCCC2)s1. The summed E-state index contributed by atoms with van der Waals surface area (Å²) in [4.78, 5) is 16.7. The molecule has 1 amide bonds. The third kappa shape index (κ3) is 4.06. The van der Waals surface area contributed by atoms with Crippen LogP contribution in [0.3, 0.4) is 0 Å². The zero-order chi connectivity index (χ0) is 16.2. The van der Waals surface area contributed by atoms with Crippen molar-refractivity contribution in [3.05, 3.63) is 45.1 Å². The van der Waals surface area contributed by atoms with Gasteiger partial charge in [0.1, 0.15) is 0 Å². The lowest BCUT2D eigenvalue weighted by Crippen LogP contribution is -2.25. The summed E-state index contributed by atoms with van der Waals surface area (Å²) in [6.07, 6.45) is 4.95. The van der Waals surface area contributed by atoms with Gasteiger partial charge >= 0.3 is 0 Å². The van der Waals surface area contributed by atoms with E-state index >= 15 is 0 Å². The minimum Gasteiger partial charge on any atom is -0.370 e. The fourth-order valence-corrected chi connectivity index (χ4v) is 3.87. The molecule has 3 rings (SSSR count). The Kier molecular flexibility index (Phi) is 5.23. The van der Waals surface area contributed by atoms with Gasteiger partial charge in [-0.15, -0.1) is 11.3 Å². The summed E-state index contributed by atoms with van der Waals surface area (Å²) >= 11 is 7.66. The minimum absolute atomic E-state index is 0.0681. The molecule has 1 aliphatic heterocycles. The van der Waals surface area contributed by atoms with Gasteiger partial charge in [-0.3, -0.25) is 4.79 Å². The van der Waals surface area contributed by atoms with Crippen molar-refractivity contribution < 1.29 is 4.79 Å². The maximum absolute atomic E-state index is 12.5. The van der Waals surface area contributed by atoms with E-state index < -0.39 is 0 Å². The fourth-order valence-electron chi connectivity index (χ4n) is 2.94. The van der Waals surface area contributed by atoms with E-state index in [1.807, 2.05) is 37.3 Å². The number of anilines is 2. The molecule has 122 valence electrons. The lowest BCUT2D eigenvalue weighted by molar-refractivity contribution is 0.103. The van der Waals surface area contributed by atoms with Crippen LogP contribution in [0.4, 0.5) is 11.4 Å². The Balaban J connectivity index is 1.85. The van der Waals surface area contributed by atoms with Crippen LogP contribution in [-0.2, 0) is 0 Å². The lowest BCUT2D eigenvalue weighted by atomic mass is 10.2. The number of amides is 1. The van der Waals surface area contributed by atoms with Crippen molar-refractivity contribution in [1.29, 1.82) is 0 Å². The highest BCUT2D eigenvalue weighted by atomic mass is 35.5. The van der Waals surface area contributed by atoms with Crippen LogP contribution in [0.5, 0.6) is 0 Å². The van der Waals surface area contributed by atoms with Gasteiger partial charge in [0.2, 0.25) is 0 Å². The molecule has 0 aliphatic carbocycles. The molecule has 0 atom stereocenters. The van der Waals surface area contributed by atoms with E-state index in [4.69, 9.17) is 11.6 Å². The van der Waals surface area contributed by atoms with Crippen LogP contribution in [0.15, 0.2) is 30.3 Å².